The van der Waals surface area contributed by atoms with Crippen LogP contribution in [0, 0.1) is 13.8 Å². The highest BCUT2D eigenvalue weighted by Gasteiger charge is 2.16. The van der Waals surface area contributed by atoms with Crippen molar-refractivity contribution in [2.24, 2.45) is 0 Å². The van der Waals surface area contributed by atoms with Crippen LogP contribution in [0.1, 0.15) is 42.0 Å². The number of ether oxygens (including phenoxy) is 1. The molecular weight excluding hydrogens is 416 g/mol. The highest BCUT2D eigenvalue weighted by molar-refractivity contribution is 5.98. The Labute approximate surface area is 204 Å². The zero-order chi connectivity index (χ0) is 23.9. The fourth-order valence-electron chi connectivity index (χ4n) is 4.90. The van der Waals surface area contributed by atoms with Crippen molar-refractivity contribution in [1.29, 1.82) is 0 Å². The maximum absolute atomic E-state index is 5.60. The SMILES string of the molecule is CCN(CCCCc1cnc(-c2c(C)ccc(OC)c2C)c2ccccc12)Cc1ccccc1. The molecule has 0 N–H and O–H groups in total. The number of aromatic nitrogens is 1. The van der Waals surface area contributed by atoms with Crippen molar-refractivity contribution in [1.82, 2.24) is 9.88 Å². The normalized spacial score (nSPS) is 11.3. The molecule has 0 bridgehead atoms. The summed E-state index contributed by atoms with van der Waals surface area (Å²) in [6.45, 7) is 9.75. The fourth-order valence-corrected chi connectivity index (χ4v) is 4.90. The van der Waals surface area contributed by atoms with Crippen LogP contribution in [0.4, 0.5) is 0 Å². The largest absolute Gasteiger partial charge is 0.496 e. The van der Waals surface area contributed by atoms with Crippen LogP contribution in [0.25, 0.3) is 22.0 Å². The van der Waals surface area contributed by atoms with E-state index in [4.69, 9.17) is 9.72 Å². The molecule has 1 heterocycles. The molecular formula is C31H36N2O. The Morgan fingerprint density at radius 3 is 2.32 bits per heavy atom. The molecule has 0 atom stereocenters. The van der Waals surface area contributed by atoms with Crippen LogP contribution < -0.4 is 4.74 Å². The van der Waals surface area contributed by atoms with E-state index in [2.05, 4.69) is 92.5 Å². The molecule has 3 nitrogen and oxygen atoms in total. The summed E-state index contributed by atoms with van der Waals surface area (Å²) in [5.41, 5.74) is 7.32. The number of methoxy groups -OCH3 is 1. The predicted molar refractivity (Wildman–Crippen MR) is 144 cm³/mol. The van der Waals surface area contributed by atoms with Crippen molar-refractivity contribution >= 4 is 10.8 Å². The van der Waals surface area contributed by atoms with Gasteiger partial charge in [0.15, 0.2) is 0 Å². The Morgan fingerprint density at radius 1 is 0.853 bits per heavy atom. The summed E-state index contributed by atoms with van der Waals surface area (Å²) in [4.78, 5) is 7.52. The fraction of sp³-hybridized carbons (Fsp3) is 0.323. The lowest BCUT2D eigenvalue weighted by molar-refractivity contribution is 0.274. The van der Waals surface area contributed by atoms with Crippen LogP contribution in [0.2, 0.25) is 0 Å². The van der Waals surface area contributed by atoms with E-state index in [1.165, 1.54) is 39.4 Å². The zero-order valence-corrected chi connectivity index (χ0v) is 21.0. The van der Waals surface area contributed by atoms with Gasteiger partial charge in [0.05, 0.1) is 12.8 Å². The zero-order valence-electron chi connectivity index (χ0n) is 21.0. The Kier molecular flexibility index (Phi) is 7.97. The molecule has 0 saturated heterocycles. The third-order valence-corrected chi connectivity index (χ3v) is 6.82. The number of hydrogen-bond acceptors (Lipinski definition) is 3. The monoisotopic (exact) mass is 452 g/mol. The topological polar surface area (TPSA) is 25.4 Å². The Hall–Kier alpha value is -3.17. The molecule has 0 fully saturated rings. The van der Waals surface area contributed by atoms with Crippen molar-refractivity contribution in [2.75, 3.05) is 20.2 Å². The third kappa shape index (κ3) is 5.31. The lowest BCUT2D eigenvalue weighted by Crippen LogP contribution is -2.24. The van der Waals surface area contributed by atoms with Crippen LogP contribution in [-0.4, -0.2) is 30.1 Å². The van der Waals surface area contributed by atoms with Crippen LogP contribution in [0.3, 0.4) is 0 Å². The second-order valence-electron chi connectivity index (χ2n) is 9.07. The van der Waals surface area contributed by atoms with Crippen LogP contribution in [0.5, 0.6) is 5.75 Å². The minimum absolute atomic E-state index is 0.909. The predicted octanol–water partition coefficient (Wildman–Crippen LogP) is 7.37. The molecule has 1 aromatic heterocycles. The first-order valence-corrected chi connectivity index (χ1v) is 12.4. The average Bonchev–Trinajstić information content (AvgIpc) is 2.87. The van der Waals surface area contributed by atoms with Gasteiger partial charge in [0.1, 0.15) is 5.75 Å². The molecule has 0 aliphatic heterocycles. The van der Waals surface area contributed by atoms with Gasteiger partial charge in [0.25, 0.3) is 0 Å². The Morgan fingerprint density at radius 2 is 1.59 bits per heavy atom. The van der Waals surface area contributed by atoms with Gasteiger partial charge in [-0.15, -0.1) is 0 Å². The molecule has 4 aromatic rings. The molecule has 0 aliphatic carbocycles. The van der Waals surface area contributed by atoms with Crippen molar-refractivity contribution in [3.63, 3.8) is 0 Å². The standard InChI is InChI=1S/C31H36N2O/c1-5-33(22-25-13-7-6-8-14-25)20-12-11-15-26-21-32-31(28-17-10-9-16-27(26)28)30-23(2)18-19-29(34-4)24(30)3/h6-10,13-14,16-19,21H,5,11-12,15,20,22H2,1-4H3. The summed E-state index contributed by atoms with van der Waals surface area (Å²) >= 11 is 0. The molecule has 0 spiro atoms. The van der Waals surface area contributed by atoms with E-state index in [-0.39, 0.29) is 0 Å². The number of pyridine rings is 1. The summed E-state index contributed by atoms with van der Waals surface area (Å²) in [6.07, 6.45) is 5.49. The van der Waals surface area contributed by atoms with Gasteiger partial charge in [0, 0.05) is 29.3 Å². The van der Waals surface area contributed by atoms with E-state index in [9.17, 15) is 0 Å². The van der Waals surface area contributed by atoms with Gasteiger partial charge in [-0.1, -0.05) is 67.6 Å². The molecule has 34 heavy (non-hydrogen) atoms. The van der Waals surface area contributed by atoms with Crippen molar-refractivity contribution in [3.8, 4) is 17.0 Å². The second-order valence-corrected chi connectivity index (χ2v) is 9.07. The van der Waals surface area contributed by atoms with E-state index < -0.39 is 0 Å². The maximum Gasteiger partial charge on any atom is 0.122 e. The first-order valence-electron chi connectivity index (χ1n) is 12.4. The number of nitrogens with zero attached hydrogens (tertiary/aromatic N) is 2. The summed E-state index contributed by atoms with van der Waals surface area (Å²) < 4.78 is 5.60. The van der Waals surface area contributed by atoms with Crippen molar-refractivity contribution in [2.45, 2.75) is 46.6 Å². The second kappa shape index (κ2) is 11.3. The summed E-state index contributed by atoms with van der Waals surface area (Å²) in [5, 5.41) is 2.53. The quantitative estimate of drug-likeness (QED) is 0.235. The smallest absolute Gasteiger partial charge is 0.122 e. The number of hydrogen-bond donors (Lipinski definition) is 0. The lowest BCUT2D eigenvalue weighted by atomic mass is 9.93. The van der Waals surface area contributed by atoms with Crippen LogP contribution >= 0.6 is 0 Å². The number of fused-ring (bicyclic) bond motifs is 1. The molecule has 0 aliphatic rings. The molecule has 0 radical (unpaired) electrons. The van der Waals surface area contributed by atoms with Crippen molar-refractivity contribution < 1.29 is 4.74 Å². The average molecular weight is 453 g/mol. The van der Waals surface area contributed by atoms with E-state index in [0.717, 1.165) is 49.5 Å². The number of aryl methyl sites for hydroxylation is 2. The van der Waals surface area contributed by atoms with E-state index in [0.29, 0.717) is 0 Å². The van der Waals surface area contributed by atoms with Gasteiger partial charge in [-0.25, -0.2) is 0 Å². The van der Waals surface area contributed by atoms with Gasteiger partial charge >= 0.3 is 0 Å². The lowest BCUT2D eigenvalue weighted by Gasteiger charge is -2.20. The van der Waals surface area contributed by atoms with Crippen LogP contribution in [0.15, 0.2) is 72.9 Å². The first-order chi connectivity index (χ1) is 16.6. The molecule has 4 rings (SSSR count). The first kappa shape index (κ1) is 24.0. The molecule has 176 valence electrons. The van der Waals surface area contributed by atoms with Gasteiger partial charge < -0.3 is 4.74 Å². The molecule has 0 saturated carbocycles. The minimum Gasteiger partial charge on any atom is -0.496 e. The van der Waals surface area contributed by atoms with E-state index in [1.54, 1.807) is 7.11 Å². The Balaban J connectivity index is 1.50. The van der Waals surface area contributed by atoms with Gasteiger partial charge in [-0.05, 0) is 74.3 Å². The van der Waals surface area contributed by atoms with Gasteiger partial charge in [-0.2, -0.15) is 0 Å². The van der Waals surface area contributed by atoms with Gasteiger partial charge in [-0.3, -0.25) is 9.88 Å². The molecule has 3 heteroatoms. The Bertz CT molecular complexity index is 1230. The summed E-state index contributed by atoms with van der Waals surface area (Å²) in [5.74, 6) is 0.909. The number of benzene rings is 3. The van der Waals surface area contributed by atoms with E-state index in [1.807, 2.05) is 6.07 Å². The maximum atomic E-state index is 5.60. The highest BCUT2D eigenvalue weighted by Crippen LogP contribution is 2.36. The highest BCUT2D eigenvalue weighted by atomic mass is 16.5. The number of unbranched alkanes of at least 4 members (excludes halogenated alkanes) is 1. The minimum atomic E-state index is 0.909. The van der Waals surface area contributed by atoms with Gasteiger partial charge in [0.2, 0.25) is 0 Å². The summed E-state index contributed by atoms with van der Waals surface area (Å²) in [7, 11) is 1.73. The summed E-state index contributed by atoms with van der Waals surface area (Å²) in [6, 6.07) is 23.6. The van der Waals surface area contributed by atoms with E-state index >= 15 is 0 Å². The van der Waals surface area contributed by atoms with Crippen molar-refractivity contribution in [3.05, 3.63) is 95.2 Å². The van der Waals surface area contributed by atoms with Crippen LogP contribution in [-0.2, 0) is 13.0 Å². The molecule has 3 aromatic carbocycles. The molecule has 0 unspecified atom stereocenters. The number of rotatable bonds is 10. The third-order valence-electron chi connectivity index (χ3n) is 6.82. The molecule has 0 amide bonds.